The van der Waals surface area contributed by atoms with Gasteiger partial charge in [-0.1, -0.05) is 30.3 Å². The molecule has 0 radical (unpaired) electrons. The minimum Gasteiger partial charge on any atom is -0.383 e. The number of thioether (sulfide) groups is 1. The average molecular weight is 493 g/mol. The average Bonchev–Trinajstić information content (AvgIpc) is 3.16. The lowest BCUT2D eigenvalue weighted by molar-refractivity contribution is 0.386. The van der Waals surface area contributed by atoms with Crippen LogP contribution in [0, 0.1) is 12.3 Å². The minimum atomic E-state index is -4.30. The lowest BCUT2D eigenvalue weighted by Gasteiger charge is -2.12. The van der Waals surface area contributed by atoms with E-state index in [1.165, 1.54) is 29.2 Å². The highest BCUT2D eigenvalue weighted by Crippen LogP contribution is 2.39. The lowest BCUT2D eigenvalue weighted by atomic mass is 9.95. The second kappa shape index (κ2) is 9.65. The van der Waals surface area contributed by atoms with Gasteiger partial charge in [-0.3, -0.25) is 9.97 Å². The largest absolute Gasteiger partial charge is 0.383 e. The van der Waals surface area contributed by atoms with Crippen molar-refractivity contribution in [3.05, 3.63) is 70.4 Å². The Hall–Kier alpha value is -2.00. The molecule has 0 aliphatic carbocycles. The predicted octanol–water partition coefficient (Wildman–Crippen LogP) is 5.04. The number of hydrogen-bond acceptors (Lipinski definition) is 5. The number of nitrogen functional groups attached to an aromatic ring is 1. The summed E-state index contributed by atoms with van der Waals surface area (Å²) in [5, 5.41) is 7.66. The van der Waals surface area contributed by atoms with Crippen LogP contribution in [-0.2, 0) is 15.4 Å². The molecule has 0 fully saturated rings. The maximum Gasteiger partial charge on any atom is 0.349 e. The second-order valence-electron chi connectivity index (χ2n) is 6.62. The number of hydrogen-bond donors (Lipinski definition) is 4. The van der Waals surface area contributed by atoms with Crippen LogP contribution in [0.1, 0.15) is 16.0 Å². The molecule has 0 saturated carbocycles. The Kier molecular flexibility index (Phi) is 7.36. The number of aryl methyl sites for hydroxylation is 1. The fourth-order valence-corrected chi connectivity index (χ4v) is 6.89. The van der Waals surface area contributed by atoms with E-state index in [1.54, 1.807) is 18.2 Å². The molecule has 3 aromatic rings. The van der Waals surface area contributed by atoms with E-state index in [2.05, 4.69) is 0 Å². The molecule has 31 heavy (non-hydrogen) atoms. The molecule has 162 valence electrons. The van der Waals surface area contributed by atoms with Crippen LogP contribution in [0.4, 0.5) is 0 Å². The summed E-state index contributed by atoms with van der Waals surface area (Å²) < 4.78 is 25.5. The first kappa shape index (κ1) is 23.7. The highest BCUT2D eigenvalue weighted by molar-refractivity contribution is 8.01. The molecule has 10 heteroatoms. The van der Waals surface area contributed by atoms with Gasteiger partial charge in [0.1, 0.15) is 5.84 Å². The standard InChI is InChI=1S/C21H21N2O4PS3/c1-13-5-3-6-14(9-10-28(24,25)26)19(13)15-7-4-8-16(11-15)31(27)18-12-17(20(22)23)30-21(18)29-2/h3-12H,1-2H3,(H3,22,23)(H2,24,25,26)/b10-9+. The molecule has 5 N–H and O–H groups in total. The fraction of sp³-hybridized carbons (Fsp3) is 0.0952. The molecule has 1 atom stereocenters. The van der Waals surface area contributed by atoms with Gasteiger partial charge < -0.3 is 15.5 Å². The van der Waals surface area contributed by atoms with Gasteiger partial charge in [0.2, 0.25) is 0 Å². The summed E-state index contributed by atoms with van der Waals surface area (Å²) in [6.07, 6.45) is 3.30. The molecule has 1 heterocycles. The van der Waals surface area contributed by atoms with Crippen molar-refractivity contribution in [2.24, 2.45) is 5.73 Å². The van der Waals surface area contributed by atoms with Gasteiger partial charge in [-0.15, -0.1) is 23.1 Å². The zero-order chi connectivity index (χ0) is 22.8. The van der Waals surface area contributed by atoms with Crippen molar-refractivity contribution in [3.63, 3.8) is 0 Å². The highest BCUT2D eigenvalue weighted by atomic mass is 32.2. The van der Waals surface area contributed by atoms with Gasteiger partial charge in [-0.05, 0) is 59.7 Å². The van der Waals surface area contributed by atoms with E-state index < -0.39 is 18.4 Å². The molecule has 0 saturated heterocycles. The van der Waals surface area contributed by atoms with Crippen molar-refractivity contribution in [1.29, 1.82) is 5.41 Å². The van der Waals surface area contributed by atoms with E-state index in [1.807, 2.05) is 43.5 Å². The molecule has 1 aromatic heterocycles. The molecule has 2 aromatic carbocycles. The van der Waals surface area contributed by atoms with Gasteiger partial charge in [0.15, 0.2) is 0 Å². The summed E-state index contributed by atoms with van der Waals surface area (Å²) in [7, 11) is -5.77. The van der Waals surface area contributed by atoms with Crippen molar-refractivity contribution in [2.75, 3.05) is 6.26 Å². The third-order valence-electron chi connectivity index (χ3n) is 4.41. The summed E-state index contributed by atoms with van der Waals surface area (Å²) in [6.45, 7) is 1.91. The van der Waals surface area contributed by atoms with E-state index >= 15 is 0 Å². The van der Waals surface area contributed by atoms with Crippen molar-refractivity contribution in [2.45, 2.75) is 20.9 Å². The van der Waals surface area contributed by atoms with Crippen molar-refractivity contribution in [1.82, 2.24) is 0 Å². The van der Waals surface area contributed by atoms with Crippen LogP contribution in [0.3, 0.4) is 0 Å². The Morgan fingerprint density at radius 2 is 1.94 bits per heavy atom. The summed E-state index contributed by atoms with van der Waals surface area (Å²) in [5.41, 5.74) is 8.79. The number of benzene rings is 2. The van der Waals surface area contributed by atoms with Crippen LogP contribution < -0.4 is 5.73 Å². The minimum absolute atomic E-state index is 0.0568. The van der Waals surface area contributed by atoms with Crippen molar-refractivity contribution >= 4 is 53.4 Å². The molecule has 6 nitrogen and oxygen atoms in total. The van der Waals surface area contributed by atoms with E-state index in [0.29, 0.717) is 20.2 Å². The van der Waals surface area contributed by atoms with Gasteiger partial charge in [-0.2, -0.15) is 0 Å². The summed E-state index contributed by atoms with van der Waals surface area (Å²) in [5.74, 6) is 0.825. The molecular formula is C21H21N2O4PS3. The summed E-state index contributed by atoms with van der Waals surface area (Å²) in [4.78, 5) is 20.2. The lowest BCUT2D eigenvalue weighted by Crippen LogP contribution is -2.08. The Balaban J connectivity index is 2.08. The smallest absolute Gasteiger partial charge is 0.349 e. The molecular weight excluding hydrogens is 471 g/mol. The summed E-state index contributed by atoms with van der Waals surface area (Å²) >= 11 is 2.80. The van der Waals surface area contributed by atoms with E-state index in [9.17, 15) is 18.6 Å². The third kappa shape index (κ3) is 5.63. The molecule has 3 rings (SSSR count). The van der Waals surface area contributed by atoms with E-state index in [0.717, 1.165) is 26.7 Å². The SMILES string of the molecule is CSc1sc(C(=N)N)cc1S(=O)c1cccc(-c2c(C)cccc2/C=C/P(=O)(O)O)c1. The van der Waals surface area contributed by atoms with Gasteiger partial charge in [0.05, 0.1) is 24.8 Å². The van der Waals surface area contributed by atoms with Crippen molar-refractivity contribution in [3.8, 4) is 11.1 Å². The van der Waals surface area contributed by atoms with E-state index in [4.69, 9.17) is 11.1 Å². The van der Waals surface area contributed by atoms with Gasteiger partial charge in [0.25, 0.3) is 0 Å². The fourth-order valence-electron chi connectivity index (χ4n) is 3.06. The van der Waals surface area contributed by atoms with Crippen LogP contribution in [0.5, 0.6) is 0 Å². The van der Waals surface area contributed by atoms with Crippen LogP contribution in [-0.4, -0.2) is 26.1 Å². The molecule has 0 amide bonds. The Bertz CT molecular complexity index is 1250. The Morgan fingerprint density at radius 3 is 2.58 bits per heavy atom. The molecule has 0 bridgehead atoms. The molecule has 0 spiro atoms. The Labute approximate surface area is 191 Å². The predicted molar refractivity (Wildman–Crippen MR) is 129 cm³/mol. The number of nitrogens with one attached hydrogen (secondary N) is 1. The number of amidine groups is 1. The summed E-state index contributed by atoms with van der Waals surface area (Å²) in [6, 6.07) is 14.5. The highest BCUT2D eigenvalue weighted by Gasteiger charge is 2.18. The zero-order valence-electron chi connectivity index (χ0n) is 16.7. The maximum atomic E-state index is 13.3. The monoisotopic (exact) mass is 492 g/mol. The van der Waals surface area contributed by atoms with Gasteiger partial charge >= 0.3 is 7.60 Å². The van der Waals surface area contributed by atoms with Gasteiger partial charge in [-0.25, -0.2) is 4.21 Å². The number of thiophene rings is 1. The first-order valence-corrected chi connectivity index (χ1v) is 13.9. The third-order valence-corrected chi connectivity index (χ3v) is 8.91. The Morgan fingerprint density at radius 1 is 1.23 bits per heavy atom. The normalized spacial score (nSPS) is 12.9. The molecule has 1 unspecified atom stereocenters. The van der Waals surface area contributed by atoms with Crippen LogP contribution in [0.15, 0.2) is 68.3 Å². The maximum absolute atomic E-state index is 13.3. The van der Waals surface area contributed by atoms with Crippen LogP contribution in [0.2, 0.25) is 0 Å². The van der Waals surface area contributed by atoms with Crippen LogP contribution >= 0.6 is 30.7 Å². The molecule has 0 aliphatic heterocycles. The van der Waals surface area contributed by atoms with Crippen molar-refractivity contribution < 1.29 is 18.6 Å². The first-order valence-electron chi connectivity index (χ1n) is 8.99. The molecule has 0 aliphatic rings. The number of nitrogens with two attached hydrogens (primary N) is 1. The van der Waals surface area contributed by atoms with Gasteiger partial charge in [0, 0.05) is 10.7 Å². The van der Waals surface area contributed by atoms with E-state index in [-0.39, 0.29) is 5.84 Å². The second-order valence-corrected chi connectivity index (χ2v) is 11.7. The first-order chi connectivity index (χ1) is 14.6. The number of rotatable bonds is 7. The topological polar surface area (TPSA) is 124 Å². The quantitative estimate of drug-likeness (QED) is 0.158. The van der Waals surface area contributed by atoms with Crippen LogP contribution in [0.25, 0.3) is 17.2 Å². The zero-order valence-corrected chi connectivity index (χ0v) is 20.1.